The fourth-order valence-electron chi connectivity index (χ4n) is 5.70. The lowest BCUT2D eigenvalue weighted by atomic mass is 9.98. The van der Waals surface area contributed by atoms with E-state index in [1.807, 2.05) is 60.7 Å². The van der Waals surface area contributed by atoms with Gasteiger partial charge in [-0.05, 0) is 72.3 Å². The molecule has 2 saturated heterocycles. The summed E-state index contributed by atoms with van der Waals surface area (Å²) < 4.78 is 5.67. The van der Waals surface area contributed by atoms with Crippen molar-refractivity contribution in [3.63, 3.8) is 0 Å². The molecule has 7 heteroatoms. The average Bonchev–Trinajstić information content (AvgIpc) is 3.42. The van der Waals surface area contributed by atoms with E-state index < -0.39 is 0 Å². The Bertz CT molecular complexity index is 1420. The van der Waals surface area contributed by atoms with Crippen molar-refractivity contribution in [3.05, 3.63) is 79.1 Å². The number of urea groups is 1. The van der Waals surface area contributed by atoms with Crippen LogP contribution in [0.3, 0.4) is 0 Å². The summed E-state index contributed by atoms with van der Waals surface area (Å²) in [6.07, 6.45) is 6.10. The number of aromatic nitrogens is 1. The number of anilines is 3. The molecule has 2 amide bonds. The SMILES string of the molecule is COc1ccc(NC(=O)Nc2ccc(-c3ccncc3)c3ccccc23)cc1N1CCN2CCC[C@H]2C1. The number of methoxy groups -OCH3 is 1. The molecule has 188 valence electrons. The van der Waals surface area contributed by atoms with Gasteiger partial charge < -0.3 is 20.3 Å². The van der Waals surface area contributed by atoms with Gasteiger partial charge in [0.2, 0.25) is 0 Å². The zero-order valence-electron chi connectivity index (χ0n) is 21.0. The number of carbonyl (C=O) groups excluding carboxylic acids is 1. The standard InChI is InChI=1S/C30H31N5O2/c1-37-29-11-8-22(19-28(29)35-18-17-34-16-4-5-23(34)20-35)32-30(36)33-27-10-9-24(21-12-14-31-15-13-21)25-6-2-3-7-26(25)27/h2-3,6-15,19,23H,4-5,16-18,20H2,1H3,(H2,32,33,36)/t23-/m0/s1. The van der Waals surface area contributed by atoms with E-state index in [0.29, 0.717) is 6.04 Å². The summed E-state index contributed by atoms with van der Waals surface area (Å²) in [5, 5.41) is 8.14. The van der Waals surface area contributed by atoms with Crippen LogP contribution in [0.25, 0.3) is 21.9 Å². The first kappa shape index (κ1) is 23.3. The van der Waals surface area contributed by atoms with Crippen LogP contribution in [0.4, 0.5) is 21.9 Å². The van der Waals surface area contributed by atoms with Crippen molar-refractivity contribution >= 4 is 33.9 Å². The number of fused-ring (bicyclic) bond motifs is 2. The Labute approximate surface area is 217 Å². The smallest absolute Gasteiger partial charge is 0.323 e. The van der Waals surface area contributed by atoms with Gasteiger partial charge in [-0.3, -0.25) is 9.88 Å². The van der Waals surface area contributed by atoms with Gasteiger partial charge in [0.25, 0.3) is 0 Å². The number of piperazine rings is 1. The van der Waals surface area contributed by atoms with E-state index in [-0.39, 0.29) is 6.03 Å². The molecule has 2 aliphatic heterocycles. The van der Waals surface area contributed by atoms with Crippen molar-refractivity contribution in [2.75, 3.05) is 48.8 Å². The molecule has 3 heterocycles. The van der Waals surface area contributed by atoms with E-state index in [1.54, 1.807) is 19.5 Å². The van der Waals surface area contributed by atoms with Crippen LogP contribution in [0.1, 0.15) is 12.8 Å². The van der Waals surface area contributed by atoms with Crippen LogP contribution < -0.4 is 20.3 Å². The number of pyridine rings is 1. The first-order valence-corrected chi connectivity index (χ1v) is 12.9. The predicted octanol–water partition coefficient (Wildman–Crippen LogP) is 5.84. The molecule has 0 saturated carbocycles. The second-order valence-electron chi connectivity index (χ2n) is 9.69. The summed E-state index contributed by atoms with van der Waals surface area (Å²) in [5.41, 5.74) is 4.72. The molecule has 0 unspecified atom stereocenters. The molecule has 6 rings (SSSR count). The molecule has 3 aromatic carbocycles. The van der Waals surface area contributed by atoms with Gasteiger partial charge in [0.1, 0.15) is 5.75 Å². The molecular weight excluding hydrogens is 462 g/mol. The summed E-state index contributed by atoms with van der Waals surface area (Å²) in [5.74, 6) is 0.829. The lowest BCUT2D eigenvalue weighted by Gasteiger charge is -2.39. The number of hydrogen-bond donors (Lipinski definition) is 2. The molecule has 37 heavy (non-hydrogen) atoms. The number of rotatable bonds is 5. The Hall–Kier alpha value is -4.10. The zero-order valence-corrected chi connectivity index (χ0v) is 21.0. The molecule has 1 aromatic heterocycles. The second-order valence-corrected chi connectivity index (χ2v) is 9.69. The molecule has 0 bridgehead atoms. The van der Waals surface area contributed by atoms with Crippen LogP contribution in [0.5, 0.6) is 5.75 Å². The quantitative estimate of drug-likeness (QED) is 0.366. The van der Waals surface area contributed by atoms with Crippen molar-refractivity contribution < 1.29 is 9.53 Å². The Morgan fingerprint density at radius 2 is 1.78 bits per heavy atom. The van der Waals surface area contributed by atoms with E-state index in [1.165, 1.54) is 19.4 Å². The van der Waals surface area contributed by atoms with E-state index in [0.717, 1.165) is 64.3 Å². The number of nitrogens with zero attached hydrogens (tertiary/aromatic N) is 3. The highest BCUT2D eigenvalue weighted by Gasteiger charge is 2.31. The largest absolute Gasteiger partial charge is 0.495 e. The van der Waals surface area contributed by atoms with Crippen LogP contribution in [-0.4, -0.2) is 55.2 Å². The molecular formula is C30H31N5O2. The van der Waals surface area contributed by atoms with Crippen LogP contribution in [-0.2, 0) is 0 Å². The minimum absolute atomic E-state index is 0.279. The van der Waals surface area contributed by atoms with Gasteiger partial charge in [0, 0.05) is 49.1 Å². The number of carbonyl (C=O) groups is 1. The predicted molar refractivity (Wildman–Crippen MR) is 150 cm³/mol. The number of nitrogens with one attached hydrogen (secondary N) is 2. The Kier molecular flexibility index (Phi) is 6.37. The molecule has 0 spiro atoms. The van der Waals surface area contributed by atoms with Gasteiger partial charge in [0.15, 0.2) is 0 Å². The monoisotopic (exact) mass is 493 g/mol. The molecule has 2 N–H and O–H groups in total. The molecule has 4 aromatic rings. The van der Waals surface area contributed by atoms with E-state index >= 15 is 0 Å². The third-order valence-electron chi connectivity index (χ3n) is 7.53. The van der Waals surface area contributed by atoms with Crippen molar-refractivity contribution in [2.45, 2.75) is 18.9 Å². The number of amides is 2. The minimum Gasteiger partial charge on any atom is -0.495 e. The fourth-order valence-corrected chi connectivity index (χ4v) is 5.70. The third kappa shape index (κ3) is 4.70. The second kappa shape index (κ2) is 10.1. The minimum atomic E-state index is -0.279. The maximum Gasteiger partial charge on any atom is 0.323 e. The summed E-state index contributed by atoms with van der Waals surface area (Å²) in [4.78, 5) is 22.2. The van der Waals surface area contributed by atoms with Gasteiger partial charge >= 0.3 is 6.03 Å². The van der Waals surface area contributed by atoms with Gasteiger partial charge in [-0.2, -0.15) is 0 Å². The maximum atomic E-state index is 13.1. The Morgan fingerprint density at radius 3 is 2.62 bits per heavy atom. The summed E-state index contributed by atoms with van der Waals surface area (Å²) in [7, 11) is 1.70. The summed E-state index contributed by atoms with van der Waals surface area (Å²) in [6, 6.07) is 22.3. The van der Waals surface area contributed by atoms with Gasteiger partial charge in [0.05, 0.1) is 18.5 Å². The number of benzene rings is 3. The summed E-state index contributed by atoms with van der Waals surface area (Å²) >= 11 is 0. The van der Waals surface area contributed by atoms with Crippen LogP contribution in [0, 0.1) is 0 Å². The normalized spacial score (nSPS) is 17.4. The average molecular weight is 494 g/mol. The topological polar surface area (TPSA) is 69.7 Å². The van der Waals surface area contributed by atoms with Crippen LogP contribution in [0.15, 0.2) is 79.1 Å². The van der Waals surface area contributed by atoms with Gasteiger partial charge in [-0.1, -0.05) is 30.3 Å². The first-order valence-electron chi connectivity index (χ1n) is 12.9. The lowest BCUT2D eigenvalue weighted by Crippen LogP contribution is -2.50. The van der Waals surface area contributed by atoms with E-state index in [4.69, 9.17) is 4.74 Å². The van der Waals surface area contributed by atoms with Crippen molar-refractivity contribution in [1.29, 1.82) is 0 Å². The molecule has 7 nitrogen and oxygen atoms in total. The first-order chi connectivity index (χ1) is 18.2. The lowest BCUT2D eigenvalue weighted by molar-refractivity contribution is 0.230. The van der Waals surface area contributed by atoms with Gasteiger partial charge in [-0.25, -0.2) is 4.79 Å². The molecule has 0 aliphatic carbocycles. The van der Waals surface area contributed by atoms with E-state index in [2.05, 4.69) is 31.5 Å². The maximum absolute atomic E-state index is 13.1. The molecule has 1 atom stereocenters. The highest BCUT2D eigenvalue weighted by atomic mass is 16.5. The third-order valence-corrected chi connectivity index (χ3v) is 7.53. The van der Waals surface area contributed by atoms with Crippen LogP contribution in [0.2, 0.25) is 0 Å². The zero-order chi connectivity index (χ0) is 25.2. The molecule has 0 radical (unpaired) electrons. The van der Waals surface area contributed by atoms with Crippen molar-refractivity contribution in [2.24, 2.45) is 0 Å². The molecule has 2 aliphatic rings. The van der Waals surface area contributed by atoms with E-state index in [9.17, 15) is 4.79 Å². The Morgan fingerprint density at radius 1 is 0.946 bits per heavy atom. The van der Waals surface area contributed by atoms with Crippen molar-refractivity contribution in [3.8, 4) is 16.9 Å². The highest BCUT2D eigenvalue weighted by Crippen LogP contribution is 2.35. The summed E-state index contributed by atoms with van der Waals surface area (Å²) in [6.45, 7) is 4.21. The highest BCUT2D eigenvalue weighted by molar-refractivity contribution is 6.09. The van der Waals surface area contributed by atoms with Crippen LogP contribution >= 0.6 is 0 Å². The molecule has 2 fully saturated rings. The fraction of sp³-hybridized carbons (Fsp3) is 0.267. The number of hydrogen-bond acceptors (Lipinski definition) is 5. The van der Waals surface area contributed by atoms with Crippen molar-refractivity contribution in [1.82, 2.24) is 9.88 Å². The Balaban J connectivity index is 1.22. The number of ether oxygens (including phenoxy) is 1. The van der Waals surface area contributed by atoms with Gasteiger partial charge in [-0.15, -0.1) is 0 Å².